The molecule has 0 radical (unpaired) electrons. The summed E-state index contributed by atoms with van der Waals surface area (Å²) in [5.41, 5.74) is 7.02. The maximum atomic E-state index is 12.0. The van der Waals surface area contributed by atoms with Gasteiger partial charge in [-0.05, 0) is 24.8 Å². The minimum absolute atomic E-state index is 0.0306. The van der Waals surface area contributed by atoms with Crippen molar-refractivity contribution in [2.24, 2.45) is 10.9 Å². The van der Waals surface area contributed by atoms with Crippen LogP contribution < -0.4 is 5.73 Å². The lowest BCUT2D eigenvalue weighted by Gasteiger charge is -2.19. The molecule has 0 unspecified atom stereocenters. The molecule has 88 valence electrons. The molecule has 1 amide bonds. The number of hydrogen-bond acceptors (Lipinski definition) is 4. The van der Waals surface area contributed by atoms with Gasteiger partial charge in [0, 0.05) is 11.9 Å². The molecule has 1 aromatic heterocycles. The summed E-state index contributed by atoms with van der Waals surface area (Å²) in [4.78, 5) is 13.6. The molecule has 5 nitrogen and oxygen atoms in total. The van der Waals surface area contributed by atoms with Crippen molar-refractivity contribution in [3.05, 3.63) is 21.9 Å². The molecular weight excluding hydrogens is 226 g/mol. The molecule has 16 heavy (non-hydrogen) atoms. The Hall–Kier alpha value is -1.56. The lowest BCUT2D eigenvalue weighted by atomic mass is 10.2. The molecule has 0 aliphatic heterocycles. The van der Waals surface area contributed by atoms with Crippen molar-refractivity contribution in [1.29, 1.82) is 0 Å². The highest BCUT2D eigenvalue weighted by Gasteiger charge is 2.17. The summed E-state index contributed by atoms with van der Waals surface area (Å²) in [7, 11) is 0. The highest BCUT2D eigenvalue weighted by Crippen LogP contribution is 2.15. The molecule has 1 aromatic rings. The smallest absolute Gasteiger partial charge is 0.255 e. The number of likely N-dealkylation sites (N-methyl/N-ethyl adjacent to an activating group) is 1. The van der Waals surface area contributed by atoms with E-state index in [0.29, 0.717) is 12.1 Å². The van der Waals surface area contributed by atoms with Gasteiger partial charge in [0.25, 0.3) is 5.91 Å². The Kier molecular flexibility index (Phi) is 4.30. The van der Waals surface area contributed by atoms with Crippen LogP contribution >= 0.6 is 11.3 Å². The lowest BCUT2D eigenvalue weighted by molar-refractivity contribution is 0.0786. The Morgan fingerprint density at radius 1 is 1.62 bits per heavy atom. The van der Waals surface area contributed by atoms with Crippen LogP contribution in [0, 0.1) is 6.92 Å². The van der Waals surface area contributed by atoms with Crippen LogP contribution in [0.1, 0.15) is 22.8 Å². The standard InChI is InChI=1S/C10H15N3O2S/c1-3-13(4-9(11)12-15)10(14)8-6-16-5-7(8)2/h5-6,15H,3-4H2,1-2H3,(H2,11,12). The van der Waals surface area contributed by atoms with Crippen molar-refractivity contribution in [3.8, 4) is 0 Å². The minimum atomic E-state index is -0.0900. The van der Waals surface area contributed by atoms with E-state index in [-0.39, 0.29) is 18.3 Å². The highest BCUT2D eigenvalue weighted by molar-refractivity contribution is 7.08. The highest BCUT2D eigenvalue weighted by atomic mass is 32.1. The predicted octanol–water partition coefficient (Wildman–Crippen LogP) is 1.27. The van der Waals surface area contributed by atoms with E-state index in [0.717, 1.165) is 5.56 Å². The third-order valence-electron chi connectivity index (χ3n) is 2.24. The summed E-state index contributed by atoms with van der Waals surface area (Å²) in [6.45, 7) is 4.40. The first-order valence-corrected chi connectivity index (χ1v) is 5.82. The number of carbonyl (C=O) groups is 1. The lowest BCUT2D eigenvalue weighted by Crippen LogP contribution is -2.38. The predicted molar refractivity (Wildman–Crippen MR) is 64.0 cm³/mol. The number of rotatable bonds is 4. The normalized spacial score (nSPS) is 11.5. The van der Waals surface area contributed by atoms with Crippen LogP contribution in [0.15, 0.2) is 15.9 Å². The number of oxime groups is 1. The maximum absolute atomic E-state index is 12.0. The van der Waals surface area contributed by atoms with Crippen LogP contribution in [0.4, 0.5) is 0 Å². The van der Waals surface area contributed by atoms with E-state index in [1.165, 1.54) is 16.2 Å². The maximum Gasteiger partial charge on any atom is 0.255 e. The Bertz CT molecular complexity index is 401. The zero-order valence-corrected chi connectivity index (χ0v) is 10.1. The molecule has 0 aromatic carbocycles. The largest absolute Gasteiger partial charge is 0.409 e. The van der Waals surface area contributed by atoms with E-state index >= 15 is 0 Å². The Labute approximate surface area is 98.2 Å². The van der Waals surface area contributed by atoms with Gasteiger partial charge in [0.15, 0.2) is 5.84 Å². The van der Waals surface area contributed by atoms with E-state index in [4.69, 9.17) is 10.9 Å². The summed E-state index contributed by atoms with van der Waals surface area (Å²) in [5.74, 6) is -0.0593. The van der Waals surface area contributed by atoms with E-state index in [9.17, 15) is 4.79 Å². The Morgan fingerprint density at radius 2 is 2.31 bits per heavy atom. The van der Waals surface area contributed by atoms with Gasteiger partial charge < -0.3 is 15.8 Å². The molecule has 0 saturated carbocycles. The number of carbonyl (C=O) groups excluding carboxylic acids is 1. The summed E-state index contributed by atoms with van der Waals surface area (Å²) in [6.07, 6.45) is 0. The molecule has 0 aliphatic rings. The van der Waals surface area contributed by atoms with E-state index in [1.807, 2.05) is 24.6 Å². The molecule has 0 saturated heterocycles. The van der Waals surface area contributed by atoms with E-state index in [2.05, 4.69) is 5.16 Å². The summed E-state index contributed by atoms with van der Waals surface area (Å²) >= 11 is 1.49. The summed E-state index contributed by atoms with van der Waals surface area (Å²) < 4.78 is 0. The molecule has 0 atom stereocenters. The first-order chi connectivity index (χ1) is 7.60. The van der Waals surface area contributed by atoms with Crippen LogP contribution in [-0.4, -0.2) is 34.9 Å². The number of nitrogens with zero attached hydrogens (tertiary/aromatic N) is 2. The van der Waals surface area contributed by atoms with Gasteiger partial charge in [-0.1, -0.05) is 5.16 Å². The first-order valence-electron chi connectivity index (χ1n) is 4.88. The zero-order valence-electron chi connectivity index (χ0n) is 9.30. The quantitative estimate of drug-likeness (QED) is 0.360. The van der Waals surface area contributed by atoms with Crippen molar-refractivity contribution in [2.75, 3.05) is 13.1 Å². The number of aryl methyl sites for hydroxylation is 1. The van der Waals surface area contributed by atoms with Crippen molar-refractivity contribution in [3.63, 3.8) is 0 Å². The fourth-order valence-electron chi connectivity index (χ4n) is 1.30. The molecule has 0 spiro atoms. The van der Waals surface area contributed by atoms with Crippen molar-refractivity contribution in [1.82, 2.24) is 4.90 Å². The third-order valence-corrected chi connectivity index (χ3v) is 3.10. The SMILES string of the molecule is CCN(CC(N)=NO)C(=O)c1cscc1C. The second kappa shape index (κ2) is 5.50. The molecule has 6 heteroatoms. The minimum Gasteiger partial charge on any atom is -0.409 e. The van der Waals surface area contributed by atoms with Crippen LogP contribution in [0.5, 0.6) is 0 Å². The molecule has 0 bridgehead atoms. The monoisotopic (exact) mass is 241 g/mol. The van der Waals surface area contributed by atoms with Gasteiger partial charge in [0.1, 0.15) is 0 Å². The van der Waals surface area contributed by atoms with Gasteiger partial charge in [0.2, 0.25) is 0 Å². The first kappa shape index (κ1) is 12.5. The Morgan fingerprint density at radius 3 is 2.75 bits per heavy atom. The average molecular weight is 241 g/mol. The number of hydrogen-bond donors (Lipinski definition) is 2. The summed E-state index contributed by atoms with van der Waals surface area (Å²) in [6, 6.07) is 0. The van der Waals surface area contributed by atoms with Gasteiger partial charge in [-0.2, -0.15) is 11.3 Å². The molecule has 1 rings (SSSR count). The molecule has 0 fully saturated rings. The average Bonchev–Trinajstić information content (AvgIpc) is 2.71. The molecule has 1 heterocycles. The van der Waals surface area contributed by atoms with Crippen LogP contribution in [0.25, 0.3) is 0 Å². The van der Waals surface area contributed by atoms with Crippen LogP contribution in [-0.2, 0) is 0 Å². The molecule has 0 aliphatic carbocycles. The van der Waals surface area contributed by atoms with Crippen molar-refractivity contribution in [2.45, 2.75) is 13.8 Å². The van der Waals surface area contributed by atoms with Gasteiger partial charge in [0.05, 0.1) is 12.1 Å². The van der Waals surface area contributed by atoms with Crippen LogP contribution in [0.2, 0.25) is 0 Å². The van der Waals surface area contributed by atoms with Gasteiger partial charge in [-0.15, -0.1) is 0 Å². The number of nitrogens with two attached hydrogens (primary N) is 1. The number of thiophene rings is 1. The molecule has 3 N–H and O–H groups in total. The fraction of sp³-hybridized carbons (Fsp3) is 0.400. The van der Waals surface area contributed by atoms with E-state index < -0.39 is 0 Å². The van der Waals surface area contributed by atoms with E-state index in [1.54, 1.807) is 0 Å². The van der Waals surface area contributed by atoms with Gasteiger partial charge in [-0.25, -0.2) is 0 Å². The fourth-order valence-corrected chi connectivity index (χ4v) is 2.13. The topological polar surface area (TPSA) is 78.9 Å². The number of amidine groups is 1. The zero-order chi connectivity index (χ0) is 12.1. The second-order valence-electron chi connectivity index (χ2n) is 3.38. The molecular formula is C10H15N3O2S. The Balaban J connectivity index is 2.82. The van der Waals surface area contributed by atoms with Gasteiger partial charge >= 0.3 is 0 Å². The number of amides is 1. The van der Waals surface area contributed by atoms with Crippen molar-refractivity contribution < 1.29 is 10.0 Å². The summed E-state index contributed by atoms with van der Waals surface area (Å²) in [5, 5.41) is 15.1. The van der Waals surface area contributed by atoms with Gasteiger partial charge in [-0.3, -0.25) is 4.79 Å². The third kappa shape index (κ3) is 2.73. The van der Waals surface area contributed by atoms with Crippen LogP contribution in [0.3, 0.4) is 0 Å². The van der Waals surface area contributed by atoms with Crippen molar-refractivity contribution >= 4 is 23.1 Å². The second-order valence-corrected chi connectivity index (χ2v) is 4.12.